The van der Waals surface area contributed by atoms with Crippen LogP contribution in [0.3, 0.4) is 0 Å². The summed E-state index contributed by atoms with van der Waals surface area (Å²) in [5, 5.41) is 3.11. The van der Waals surface area contributed by atoms with Gasteiger partial charge in [0, 0.05) is 5.54 Å². The van der Waals surface area contributed by atoms with E-state index >= 15 is 0 Å². The highest BCUT2D eigenvalue weighted by molar-refractivity contribution is 5.81. The highest BCUT2D eigenvalue weighted by atomic mass is 16.2. The highest BCUT2D eigenvalue weighted by Crippen LogP contribution is 2.35. The van der Waals surface area contributed by atoms with Gasteiger partial charge in [-0.3, -0.25) is 4.79 Å². The molecule has 1 atom stereocenters. The van der Waals surface area contributed by atoms with Gasteiger partial charge in [0.1, 0.15) is 0 Å². The van der Waals surface area contributed by atoms with E-state index in [-0.39, 0.29) is 17.4 Å². The lowest BCUT2D eigenvalue weighted by molar-refractivity contribution is -0.124. The number of nitrogens with one attached hydrogen (secondary N) is 1. The second-order valence-corrected chi connectivity index (χ2v) is 4.52. The van der Waals surface area contributed by atoms with Crippen molar-refractivity contribution in [3.8, 4) is 0 Å². The third-order valence-electron chi connectivity index (χ3n) is 3.02. The number of rotatable bonds is 2. The molecule has 2 nitrogen and oxygen atoms in total. The van der Waals surface area contributed by atoms with Crippen LogP contribution in [-0.2, 0) is 4.79 Å². The Labute approximate surface area is 79.4 Å². The van der Waals surface area contributed by atoms with Crippen LogP contribution in [0.25, 0.3) is 0 Å². The molecule has 0 bridgehead atoms. The SMILES string of the molecule is CC1(NC(=O)C2C=CCCC2)CC1. The zero-order chi connectivity index (χ0) is 9.31. The van der Waals surface area contributed by atoms with E-state index in [0.29, 0.717) is 0 Å². The molecule has 2 aliphatic carbocycles. The van der Waals surface area contributed by atoms with Gasteiger partial charge in [0.2, 0.25) is 5.91 Å². The quantitative estimate of drug-likeness (QED) is 0.645. The molecule has 72 valence electrons. The first kappa shape index (κ1) is 8.79. The minimum Gasteiger partial charge on any atom is -0.350 e. The summed E-state index contributed by atoms with van der Waals surface area (Å²) in [6.45, 7) is 2.12. The summed E-state index contributed by atoms with van der Waals surface area (Å²) < 4.78 is 0. The molecule has 0 aromatic rings. The second-order valence-electron chi connectivity index (χ2n) is 4.52. The van der Waals surface area contributed by atoms with Gasteiger partial charge in [0.15, 0.2) is 0 Å². The van der Waals surface area contributed by atoms with E-state index in [1.165, 1.54) is 0 Å². The van der Waals surface area contributed by atoms with E-state index in [4.69, 9.17) is 0 Å². The second kappa shape index (κ2) is 3.17. The van der Waals surface area contributed by atoms with Gasteiger partial charge in [0.25, 0.3) is 0 Å². The lowest BCUT2D eigenvalue weighted by Gasteiger charge is -2.19. The molecule has 2 heteroatoms. The van der Waals surface area contributed by atoms with Gasteiger partial charge in [-0.15, -0.1) is 0 Å². The van der Waals surface area contributed by atoms with Crippen LogP contribution < -0.4 is 5.32 Å². The number of amides is 1. The van der Waals surface area contributed by atoms with Gasteiger partial charge >= 0.3 is 0 Å². The molecule has 0 heterocycles. The van der Waals surface area contributed by atoms with E-state index in [0.717, 1.165) is 32.1 Å². The van der Waals surface area contributed by atoms with Crippen molar-refractivity contribution < 1.29 is 4.79 Å². The molecular formula is C11H17NO. The van der Waals surface area contributed by atoms with Crippen LogP contribution in [0.15, 0.2) is 12.2 Å². The molecule has 1 saturated carbocycles. The molecule has 0 aromatic carbocycles. The van der Waals surface area contributed by atoms with Crippen LogP contribution in [0.1, 0.15) is 39.0 Å². The molecule has 1 unspecified atom stereocenters. The minimum atomic E-state index is 0.141. The van der Waals surface area contributed by atoms with Gasteiger partial charge in [-0.2, -0.15) is 0 Å². The first-order chi connectivity index (χ1) is 6.20. The summed E-state index contributed by atoms with van der Waals surface area (Å²) in [5.41, 5.74) is 0.141. The molecule has 13 heavy (non-hydrogen) atoms. The molecule has 1 amide bonds. The number of carbonyl (C=O) groups excluding carboxylic acids is 1. The number of carbonyl (C=O) groups is 1. The van der Waals surface area contributed by atoms with Crippen molar-refractivity contribution in [3.05, 3.63) is 12.2 Å². The molecule has 0 aromatic heterocycles. The lowest BCUT2D eigenvalue weighted by atomic mass is 9.95. The fourth-order valence-electron chi connectivity index (χ4n) is 1.73. The maximum absolute atomic E-state index is 11.7. The molecular weight excluding hydrogens is 162 g/mol. The zero-order valence-electron chi connectivity index (χ0n) is 8.18. The summed E-state index contributed by atoms with van der Waals surface area (Å²) in [5.74, 6) is 0.377. The largest absolute Gasteiger partial charge is 0.350 e. The topological polar surface area (TPSA) is 29.1 Å². The van der Waals surface area contributed by atoms with E-state index in [1.54, 1.807) is 0 Å². The number of allylic oxidation sites excluding steroid dienone is 1. The fourth-order valence-corrected chi connectivity index (χ4v) is 1.73. The average molecular weight is 179 g/mol. The predicted octanol–water partition coefficient (Wildman–Crippen LogP) is 2.01. The first-order valence-corrected chi connectivity index (χ1v) is 5.18. The Morgan fingerprint density at radius 2 is 2.31 bits per heavy atom. The van der Waals surface area contributed by atoms with Crippen LogP contribution >= 0.6 is 0 Å². The van der Waals surface area contributed by atoms with Crippen LogP contribution in [-0.4, -0.2) is 11.4 Å². The standard InChI is InChI=1S/C11H17NO/c1-11(7-8-11)12-10(13)9-5-3-2-4-6-9/h3,5,9H,2,4,6-8H2,1H3,(H,12,13). The molecule has 0 saturated heterocycles. The minimum absolute atomic E-state index is 0.141. The zero-order valence-corrected chi connectivity index (χ0v) is 8.18. The maximum atomic E-state index is 11.7. The van der Waals surface area contributed by atoms with Gasteiger partial charge in [-0.05, 0) is 39.0 Å². The summed E-state index contributed by atoms with van der Waals surface area (Å²) in [6.07, 6.45) is 9.81. The molecule has 0 spiro atoms. The van der Waals surface area contributed by atoms with Gasteiger partial charge in [-0.1, -0.05) is 12.2 Å². The monoisotopic (exact) mass is 179 g/mol. The van der Waals surface area contributed by atoms with E-state index < -0.39 is 0 Å². The molecule has 1 fully saturated rings. The van der Waals surface area contributed by atoms with E-state index in [2.05, 4.69) is 24.4 Å². The van der Waals surface area contributed by atoms with Crippen molar-refractivity contribution in [2.75, 3.05) is 0 Å². The van der Waals surface area contributed by atoms with Gasteiger partial charge in [-0.25, -0.2) is 0 Å². The van der Waals surface area contributed by atoms with Crippen LogP contribution in [0.4, 0.5) is 0 Å². The third-order valence-corrected chi connectivity index (χ3v) is 3.02. The Morgan fingerprint density at radius 3 is 2.85 bits per heavy atom. The Bertz CT molecular complexity index is 240. The van der Waals surface area contributed by atoms with Gasteiger partial charge in [0.05, 0.1) is 5.92 Å². The predicted molar refractivity (Wildman–Crippen MR) is 52.3 cm³/mol. The van der Waals surface area contributed by atoms with Crippen molar-refractivity contribution in [1.29, 1.82) is 0 Å². The highest BCUT2D eigenvalue weighted by Gasteiger charge is 2.39. The van der Waals surface area contributed by atoms with Crippen LogP contribution in [0.5, 0.6) is 0 Å². The number of hydrogen-bond donors (Lipinski definition) is 1. The normalized spacial score (nSPS) is 29.8. The maximum Gasteiger partial charge on any atom is 0.227 e. The Balaban J connectivity index is 1.88. The smallest absolute Gasteiger partial charge is 0.227 e. The molecule has 1 N–H and O–H groups in total. The summed E-state index contributed by atoms with van der Waals surface area (Å²) in [4.78, 5) is 11.7. The molecule has 0 radical (unpaired) electrons. The van der Waals surface area contributed by atoms with Crippen LogP contribution in [0, 0.1) is 5.92 Å². The van der Waals surface area contributed by atoms with Crippen molar-refractivity contribution in [3.63, 3.8) is 0 Å². The molecule has 2 aliphatic rings. The fraction of sp³-hybridized carbons (Fsp3) is 0.727. The first-order valence-electron chi connectivity index (χ1n) is 5.18. The Hall–Kier alpha value is -0.790. The van der Waals surface area contributed by atoms with Crippen molar-refractivity contribution >= 4 is 5.91 Å². The average Bonchev–Trinajstić information content (AvgIpc) is 2.85. The van der Waals surface area contributed by atoms with E-state index in [1.807, 2.05) is 0 Å². The van der Waals surface area contributed by atoms with Crippen LogP contribution in [0.2, 0.25) is 0 Å². The van der Waals surface area contributed by atoms with Crippen molar-refractivity contribution in [2.45, 2.75) is 44.6 Å². The third kappa shape index (κ3) is 2.11. The van der Waals surface area contributed by atoms with E-state index in [9.17, 15) is 4.79 Å². The summed E-state index contributed by atoms with van der Waals surface area (Å²) in [7, 11) is 0. The molecule has 2 rings (SSSR count). The Kier molecular flexibility index (Phi) is 2.14. The summed E-state index contributed by atoms with van der Waals surface area (Å²) >= 11 is 0. The van der Waals surface area contributed by atoms with Gasteiger partial charge < -0.3 is 5.32 Å². The Morgan fingerprint density at radius 1 is 1.54 bits per heavy atom. The summed E-state index contributed by atoms with van der Waals surface area (Å²) in [6, 6.07) is 0. The molecule has 0 aliphatic heterocycles. The number of hydrogen-bond acceptors (Lipinski definition) is 1. The van der Waals surface area contributed by atoms with Crippen molar-refractivity contribution in [2.24, 2.45) is 5.92 Å². The lowest BCUT2D eigenvalue weighted by Crippen LogP contribution is -2.38. The van der Waals surface area contributed by atoms with Crippen molar-refractivity contribution in [1.82, 2.24) is 5.32 Å².